The molecule has 0 saturated heterocycles. The third-order valence-electron chi connectivity index (χ3n) is 2.29. The molecule has 0 aromatic carbocycles. The summed E-state index contributed by atoms with van der Waals surface area (Å²) >= 11 is 1.54. The van der Waals surface area contributed by atoms with Gasteiger partial charge in [0.2, 0.25) is 0 Å². The van der Waals surface area contributed by atoms with Gasteiger partial charge in [-0.1, -0.05) is 0 Å². The first-order chi connectivity index (χ1) is 9.38. The van der Waals surface area contributed by atoms with Crippen molar-refractivity contribution in [1.29, 1.82) is 0 Å². The lowest BCUT2D eigenvalue weighted by Crippen LogP contribution is -2.33. The van der Waals surface area contributed by atoms with Gasteiger partial charge in [0, 0.05) is 17.8 Å². The first kappa shape index (κ1) is 17.3. The van der Waals surface area contributed by atoms with Crippen molar-refractivity contribution in [2.45, 2.75) is 25.6 Å². The van der Waals surface area contributed by atoms with Gasteiger partial charge in [0.05, 0.1) is 30.5 Å². The zero-order chi connectivity index (χ0) is 15.0. The van der Waals surface area contributed by atoms with Crippen molar-refractivity contribution < 1.29 is 27.9 Å². The maximum absolute atomic E-state index is 11.7. The second-order valence-corrected chi connectivity index (χ2v) is 5.03. The van der Waals surface area contributed by atoms with E-state index < -0.39 is 18.9 Å². The van der Waals surface area contributed by atoms with Crippen LogP contribution in [0, 0.1) is 6.92 Å². The highest BCUT2D eigenvalue weighted by Crippen LogP contribution is 2.13. The van der Waals surface area contributed by atoms with E-state index in [0.29, 0.717) is 13.0 Å². The Balaban J connectivity index is 2.00. The van der Waals surface area contributed by atoms with Crippen molar-refractivity contribution in [1.82, 2.24) is 10.5 Å². The van der Waals surface area contributed by atoms with E-state index in [1.165, 1.54) is 11.3 Å². The first-order valence-electron chi connectivity index (χ1n) is 5.94. The summed E-state index contributed by atoms with van der Waals surface area (Å²) in [6, 6.07) is 0. The monoisotopic (exact) mass is 314 g/mol. The van der Waals surface area contributed by atoms with Crippen molar-refractivity contribution >= 4 is 11.3 Å². The number of hydrogen-bond acceptors (Lipinski definition) is 6. The Kier molecular flexibility index (Phi) is 7.38. The molecule has 2 N–H and O–H groups in total. The molecule has 0 bridgehead atoms. The highest BCUT2D eigenvalue weighted by molar-refractivity contribution is 7.09. The van der Waals surface area contributed by atoms with Gasteiger partial charge in [-0.15, -0.1) is 11.3 Å². The lowest BCUT2D eigenvalue weighted by molar-refractivity contribution is -0.191. The van der Waals surface area contributed by atoms with Crippen molar-refractivity contribution in [3.05, 3.63) is 16.1 Å². The van der Waals surface area contributed by atoms with Crippen LogP contribution in [-0.2, 0) is 16.0 Å². The van der Waals surface area contributed by atoms with Crippen LogP contribution in [0.4, 0.5) is 13.2 Å². The molecule has 1 atom stereocenters. The zero-order valence-corrected chi connectivity index (χ0v) is 11.8. The van der Waals surface area contributed by atoms with Crippen LogP contribution in [0.15, 0.2) is 5.51 Å². The summed E-state index contributed by atoms with van der Waals surface area (Å²) in [6.45, 7) is 0.827. The summed E-state index contributed by atoms with van der Waals surface area (Å²) in [5.41, 5.74) is 4.76. The van der Waals surface area contributed by atoms with Gasteiger partial charge in [-0.05, 0) is 6.92 Å². The van der Waals surface area contributed by atoms with E-state index in [1.54, 1.807) is 5.51 Å². The van der Waals surface area contributed by atoms with Gasteiger partial charge in [0.1, 0.15) is 0 Å². The number of hydrogen-bond donors (Lipinski definition) is 2. The standard InChI is InChI=1S/C11H17F3N2O3S/c1-8-10(20-7-15-8)2-3-18-5-9(17)4-16-19-6-11(12,13)14/h7,9,16-17H,2-6H2,1H3. The van der Waals surface area contributed by atoms with Crippen LogP contribution in [-0.4, -0.2) is 48.7 Å². The number of nitrogens with one attached hydrogen (secondary N) is 1. The molecule has 1 unspecified atom stereocenters. The maximum Gasteiger partial charge on any atom is 0.413 e. The molecule has 9 heteroatoms. The Labute approximate surface area is 118 Å². The third kappa shape index (κ3) is 7.75. The van der Waals surface area contributed by atoms with Crippen LogP contribution < -0.4 is 5.48 Å². The van der Waals surface area contributed by atoms with Crippen LogP contribution >= 0.6 is 11.3 Å². The van der Waals surface area contributed by atoms with Gasteiger partial charge in [0.25, 0.3) is 0 Å². The summed E-state index contributed by atoms with van der Waals surface area (Å²) in [4.78, 5) is 9.36. The Morgan fingerprint density at radius 3 is 2.85 bits per heavy atom. The molecule has 0 amide bonds. The molecule has 0 aliphatic rings. The minimum atomic E-state index is -4.39. The number of thiazole rings is 1. The van der Waals surface area contributed by atoms with Crippen LogP contribution in [0.3, 0.4) is 0 Å². The number of nitrogens with zero attached hydrogens (tertiary/aromatic N) is 1. The van der Waals surface area contributed by atoms with Crippen LogP contribution in [0.1, 0.15) is 10.6 Å². The van der Waals surface area contributed by atoms with E-state index in [1.807, 2.05) is 12.4 Å². The molecule has 1 heterocycles. The molecule has 1 rings (SSSR count). The van der Waals surface area contributed by atoms with Gasteiger partial charge >= 0.3 is 6.18 Å². The largest absolute Gasteiger partial charge is 0.413 e. The average Bonchev–Trinajstić information content (AvgIpc) is 2.75. The molecule has 1 aromatic rings. The lowest BCUT2D eigenvalue weighted by atomic mass is 10.3. The predicted octanol–water partition coefficient (Wildman–Crippen LogP) is 1.46. The van der Waals surface area contributed by atoms with Gasteiger partial charge in [0.15, 0.2) is 6.61 Å². The summed E-state index contributed by atoms with van der Waals surface area (Å²) < 4.78 is 40.5. The van der Waals surface area contributed by atoms with Crippen molar-refractivity contribution in [2.75, 3.05) is 26.4 Å². The molecular weight excluding hydrogens is 297 g/mol. The Morgan fingerprint density at radius 2 is 2.25 bits per heavy atom. The van der Waals surface area contributed by atoms with Crippen molar-refractivity contribution in [3.8, 4) is 0 Å². The van der Waals surface area contributed by atoms with Crippen molar-refractivity contribution in [2.24, 2.45) is 0 Å². The average molecular weight is 314 g/mol. The van der Waals surface area contributed by atoms with E-state index in [4.69, 9.17) is 4.74 Å². The van der Waals surface area contributed by atoms with Crippen LogP contribution in [0.25, 0.3) is 0 Å². The molecule has 0 fully saturated rings. The normalized spacial score (nSPS) is 13.7. The number of alkyl halides is 3. The quantitative estimate of drug-likeness (QED) is 0.534. The van der Waals surface area contributed by atoms with E-state index in [0.717, 1.165) is 10.6 Å². The highest BCUT2D eigenvalue weighted by Gasteiger charge is 2.27. The molecule has 0 aliphatic carbocycles. The van der Waals surface area contributed by atoms with Gasteiger partial charge in [-0.3, -0.25) is 4.84 Å². The van der Waals surface area contributed by atoms with E-state index in [-0.39, 0.29) is 13.2 Å². The Hall–Kier alpha value is -0.740. The number of hydroxylamine groups is 1. The molecule has 0 spiro atoms. The van der Waals surface area contributed by atoms with E-state index in [2.05, 4.69) is 9.82 Å². The van der Waals surface area contributed by atoms with Crippen LogP contribution in [0.2, 0.25) is 0 Å². The molecule has 1 aromatic heterocycles. The molecule has 116 valence electrons. The molecule has 0 radical (unpaired) electrons. The summed E-state index contributed by atoms with van der Waals surface area (Å²) in [7, 11) is 0. The predicted molar refractivity (Wildman–Crippen MR) is 67.4 cm³/mol. The SMILES string of the molecule is Cc1ncsc1CCOCC(O)CNOCC(F)(F)F. The second-order valence-electron chi connectivity index (χ2n) is 4.09. The fraction of sp³-hybridized carbons (Fsp3) is 0.727. The van der Waals surface area contributed by atoms with E-state index >= 15 is 0 Å². The molecule has 5 nitrogen and oxygen atoms in total. The van der Waals surface area contributed by atoms with E-state index in [9.17, 15) is 18.3 Å². The highest BCUT2D eigenvalue weighted by atomic mass is 32.1. The number of aryl methyl sites for hydroxylation is 1. The molecular formula is C11H17F3N2O3S. The topological polar surface area (TPSA) is 63.6 Å². The summed E-state index contributed by atoms with van der Waals surface area (Å²) in [5, 5.41) is 9.43. The van der Waals surface area contributed by atoms with Crippen LogP contribution in [0.5, 0.6) is 0 Å². The second kappa shape index (κ2) is 8.53. The fourth-order valence-corrected chi connectivity index (χ4v) is 2.06. The minimum Gasteiger partial charge on any atom is -0.389 e. The zero-order valence-electron chi connectivity index (χ0n) is 10.9. The third-order valence-corrected chi connectivity index (χ3v) is 3.28. The Morgan fingerprint density at radius 1 is 1.50 bits per heavy atom. The van der Waals surface area contributed by atoms with Crippen molar-refractivity contribution in [3.63, 3.8) is 0 Å². The van der Waals surface area contributed by atoms with Gasteiger partial charge in [-0.2, -0.15) is 18.7 Å². The summed E-state index contributed by atoms with van der Waals surface area (Å²) in [5.74, 6) is 0. The smallest absolute Gasteiger partial charge is 0.389 e. The molecule has 20 heavy (non-hydrogen) atoms. The maximum atomic E-state index is 11.7. The number of aromatic nitrogens is 1. The van der Waals surface area contributed by atoms with Gasteiger partial charge < -0.3 is 9.84 Å². The number of halogens is 3. The molecule has 0 aliphatic heterocycles. The summed E-state index contributed by atoms with van der Waals surface area (Å²) in [6.07, 6.45) is -4.62. The molecule has 0 saturated carbocycles. The number of ether oxygens (including phenoxy) is 1. The fourth-order valence-electron chi connectivity index (χ4n) is 1.30. The lowest BCUT2D eigenvalue weighted by Gasteiger charge is -2.13. The van der Waals surface area contributed by atoms with Gasteiger partial charge in [-0.25, -0.2) is 4.98 Å². The Bertz CT molecular complexity index is 387. The number of aliphatic hydroxyl groups is 1. The minimum absolute atomic E-state index is 0.0280. The number of rotatable bonds is 9. The number of aliphatic hydroxyl groups excluding tert-OH is 1. The first-order valence-corrected chi connectivity index (χ1v) is 6.82.